The van der Waals surface area contributed by atoms with Gasteiger partial charge in [0.1, 0.15) is 5.60 Å². The molecule has 0 spiro atoms. The van der Waals surface area contributed by atoms with Gasteiger partial charge in [-0.2, -0.15) is 0 Å². The van der Waals surface area contributed by atoms with E-state index in [0.717, 1.165) is 36.4 Å². The number of rotatable bonds is 2. The van der Waals surface area contributed by atoms with Crippen molar-refractivity contribution >= 4 is 17.5 Å². The van der Waals surface area contributed by atoms with E-state index in [-0.39, 0.29) is 12.1 Å². The Morgan fingerprint density at radius 3 is 2.71 bits per heavy atom. The molecule has 0 bridgehead atoms. The van der Waals surface area contributed by atoms with Crippen molar-refractivity contribution < 1.29 is 14.3 Å². The zero-order valence-corrected chi connectivity index (χ0v) is 16.7. The third-order valence-electron chi connectivity index (χ3n) is 5.27. The normalized spacial score (nSPS) is 23.8. The number of amides is 1. The summed E-state index contributed by atoms with van der Waals surface area (Å²) in [5.41, 5.74) is 3.64. The van der Waals surface area contributed by atoms with E-state index in [2.05, 4.69) is 34.9 Å². The highest BCUT2D eigenvalue weighted by Gasteiger charge is 2.39. The number of nitrogens with one attached hydrogen (secondary N) is 2. The van der Waals surface area contributed by atoms with Gasteiger partial charge in [0.25, 0.3) is 0 Å². The Morgan fingerprint density at radius 1 is 1.18 bits per heavy atom. The Morgan fingerprint density at radius 2 is 1.96 bits per heavy atom. The van der Waals surface area contributed by atoms with Gasteiger partial charge in [0.05, 0.1) is 12.1 Å². The molecule has 0 unspecified atom stereocenters. The third kappa shape index (κ3) is 3.99. The van der Waals surface area contributed by atoms with E-state index >= 15 is 0 Å². The van der Waals surface area contributed by atoms with Crippen LogP contribution in [0.25, 0.3) is 0 Å². The highest BCUT2D eigenvalue weighted by molar-refractivity contribution is 5.85. The maximum absolute atomic E-state index is 12.1. The summed E-state index contributed by atoms with van der Waals surface area (Å²) in [6.07, 6.45) is 1.76. The summed E-state index contributed by atoms with van der Waals surface area (Å²) in [7, 11) is 0. The van der Waals surface area contributed by atoms with Crippen molar-refractivity contribution in [3.8, 4) is 0 Å². The van der Waals surface area contributed by atoms with Crippen LogP contribution in [0.4, 0.5) is 16.2 Å². The molecule has 2 aliphatic rings. The van der Waals surface area contributed by atoms with Crippen molar-refractivity contribution in [2.75, 3.05) is 17.2 Å². The maximum atomic E-state index is 12.1. The van der Waals surface area contributed by atoms with Crippen LogP contribution in [0.2, 0.25) is 0 Å². The molecule has 1 amide bonds. The Bertz CT molecular complexity index is 845. The lowest BCUT2D eigenvalue weighted by molar-refractivity contribution is -0.0381. The van der Waals surface area contributed by atoms with Crippen LogP contribution < -0.4 is 10.6 Å². The van der Waals surface area contributed by atoms with Crippen LogP contribution in [-0.2, 0) is 9.47 Å². The molecule has 2 aliphatic heterocycles. The molecular weight excluding hydrogens is 352 g/mol. The Hall–Kier alpha value is -2.53. The van der Waals surface area contributed by atoms with Gasteiger partial charge < -0.3 is 14.8 Å². The van der Waals surface area contributed by atoms with E-state index in [1.54, 1.807) is 0 Å². The molecule has 0 aliphatic carbocycles. The molecule has 2 aromatic rings. The number of fused-ring (bicyclic) bond motifs is 3. The molecule has 0 saturated carbocycles. The predicted molar refractivity (Wildman–Crippen MR) is 111 cm³/mol. The molecule has 2 heterocycles. The first-order valence-electron chi connectivity index (χ1n) is 9.98. The number of ether oxygens (including phenoxy) is 2. The predicted octanol–water partition coefficient (Wildman–Crippen LogP) is 5.67. The average Bonchev–Trinajstić information content (AvgIpc) is 2.66. The largest absolute Gasteiger partial charge is 0.444 e. The first kappa shape index (κ1) is 18.8. The van der Waals surface area contributed by atoms with Crippen LogP contribution in [0.15, 0.2) is 48.5 Å². The van der Waals surface area contributed by atoms with Gasteiger partial charge in [0.2, 0.25) is 0 Å². The molecule has 5 heteroatoms. The fraction of sp³-hybridized carbons (Fsp3) is 0.435. The van der Waals surface area contributed by atoms with Crippen LogP contribution in [-0.4, -0.2) is 18.3 Å². The summed E-state index contributed by atoms with van der Waals surface area (Å²) in [5.74, 6) is 0.362. The van der Waals surface area contributed by atoms with E-state index in [0.29, 0.717) is 5.92 Å². The van der Waals surface area contributed by atoms with Crippen molar-refractivity contribution in [2.45, 2.75) is 51.4 Å². The fourth-order valence-corrected chi connectivity index (χ4v) is 4.16. The quantitative estimate of drug-likeness (QED) is 0.705. The van der Waals surface area contributed by atoms with Gasteiger partial charge in [0, 0.05) is 29.5 Å². The number of carbonyl (C=O) groups is 1. The standard InChI is InChI=1S/C23H28N2O3/c1-23(2,3)28-22(26)24-16-11-12-19-18(14-16)21-17(10-7-13-27-21)20(25-19)15-8-5-4-6-9-15/h4-6,8-9,11-12,14,17,20-21,25H,7,10,13H2,1-3H3,(H,24,26)/t17-,20-,21-/m0/s1. The van der Waals surface area contributed by atoms with Crippen molar-refractivity contribution in [3.05, 3.63) is 59.7 Å². The summed E-state index contributed by atoms with van der Waals surface area (Å²) in [4.78, 5) is 12.1. The molecule has 1 fully saturated rings. The highest BCUT2D eigenvalue weighted by Crippen LogP contribution is 2.49. The fourth-order valence-electron chi connectivity index (χ4n) is 4.16. The average molecular weight is 380 g/mol. The Kier molecular flexibility index (Phi) is 5.02. The first-order valence-corrected chi connectivity index (χ1v) is 9.98. The van der Waals surface area contributed by atoms with Crippen molar-refractivity contribution in [3.63, 3.8) is 0 Å². The van der Waals surface area contributed by atoms with Gasteiger partial charge in [-0.15, -0.1) is 0 Å². The molecule has 3 atom stereocenters. The van der Waals surface area contributed by atoms with Crippen molar-refractivity contribution in [1.82, 2.24) is 0 Å². The highest BCUT2D eigenvalue weighted by atomic mass is 16.6. The van der Waals surface area contributed by atoms with Gasteiger partial charge in [-0.05, 0) is 57.4 Å². The Balaban J connectivity index is 1.61. The maximum Gasteiger partial charge on any atom is 0.412 e. The van der Waals surface area contributed by atoms with Gasteiger partial charge in [-0.1, -0.05) is 30.3 Å². The lowest BCUT2D eigenvalue weighted by Gasteiger charge is -2.43. The minimum absolute atomic E-state index is 0.0237. The van der Waals surface area contributed by atoms with Gasteiger partial charge in [-0.25, -0.2) is 4.79 Å². The molecule has 2 aromatic carbocycles. The van der Waals surface area contributed by atoms with Crippen molar-refractivity contribution in [2.24, 2.45) is 5.92 Å². The van der Waals surface area contributed by atoms with Crippen LogP contribution in [0.1, 0.15) is 56.9 Å². The molecule has 4 rings (SSSR count). The molecular formula is C23H28N2O3. The number of carbonyl (C=O) groups excluding carboxylic acids is 1. The van der Waals surface area contributed by atoms with Gasteiger partial charge in [0.15, 0.2) is 0 Å². The minimum Gasteiger partial charge on any atom is -0.444 e. The summed E-state index contributed by atoms with van der Waals surface area (Å²) in [6.45, 7) is 6.33. The number of anilines is 2. The second kappa shape index (κ2) is 7.47. The summed E-state index contributed by atoms with van der Waals surface area (Å²) in [6, 6.07) is 16.7. The number of benzene rings is 2. The second-order valence-electron chi connectivity index (χ2n) is 8.56. The second-order valence-corrected chi connectivity index (χ2v) is 8.56. The third-order valence-corrected chi connectivity index (χ3v) is 5.27. The van der Waals surface area contributed by atoms with Crippen LogP contribution in [0, 0.1) is 5.92 Å². The first-order chi connectivity index (χ1) is 13.4. The monoisotopic (exact) mass is 380 g/mol. The van der Waals surface area contributed by atoms with E-state index in [1.807, 2.05) is 45.0 Å². The molecule has 2 N–H and O–H groups in total. The summed E-state index contributed by atoms with van der Waals surface area (Å²) < 4.78 is 11.6. The Labute approximate surface area is 166 Å². The zero-order valence-electron chi connectivity index (χ0n) is 16.7. The van der Waals surface area contributed by atoms with E-state index < -0.39 is 11.7 Å². The molecule has 0 aromatic heterocycles. The topological polar surface area (TPSA) is 59.6 Å². The van der Waals surface area contributed by atoms with Gasteiger partial charge in [-0.3, -0.25) is 5.32 Å². The van der Waals surface area contributed by atoms with E-state index in [4.69, 9.17) is 9.47 Å². The SMILES string of the molecule is CC(C)(C)OC(=O)Nc1ccc2c(c1)[C@H]1OCCC[C@H]1[C@H](c1ccccc1)N2. The molecule has 148 valence electrons. The lowest BCUT2D eigenvalue weighted by Crippen LogP contribution is -2.36. The molecule has 0 radical (unpaired) electrons. The number of hydrogen-bond donors (Lipinski definition) is 2. The zero-order chi connectivity index (χ0) is 19.7. The number of hydrogen-bond acceptors (Lipinski definition) is 4. The van der Waals surface area contributed by atoms with Crippen LogP contribution in [0.5, 0.6) is 0 Å². The lowest BCUT2D eigenvalue weighted by atomic mass is 9.77. The molecule has 28 heavy (non-hydrogen) atoms. The van der Waals surface area contributed by atoms with Crippen LogP contribution >= 0.6 is 0 Å². The van der Waals surface area contributed by atoms with E-state index in [1.165, 1.54) is 5.56 Å². The summed E-state index contributed by atoms with van der Waals surface area (Å²) >= 11 is 0. The summed E-state index contributed by atoms with van der Waals surface area (Å²) in [5, 5.41) is 6.55. The van der Waals surface area contributed by atoms with E-state index in [9.17, 15) is 4.79 Å². The van der Waals surface area contributed by atoms with Crippen molar-refractivity contribution in [1.29, 1.82) is 0 Å². The smallest absolute Gasteiger partial charge is 0.412 e. The minimum atomic E-state index is -0.527. The van der Waals surface area contributed by atoms with Crippen LogP contribution in [0.3, 0.4) is 0 Å². The molecule has 1 saturated heterocycles. The molecule has 5 nitrogen and oxygen atoms in total. The van der Waals surface area contributed by atoms with Gasteiger partial charge >= 0.3 is 6.09 Å².